The topological polar surface area (TPSA) is 139 Å². The Bertz CT molecular complexity index is 895. The fraction of sp³-hybridized carbons (Fsp3) is 0.526. The van der Waals surface area contributed by atoms with Crippen LogP contribution in [0.3, 0.4) is 0 Å². The monoisotopic (exact) mass is 460 g/mol. The lowest BCUT2D eigenvalue weighted by molar-refractivity contribution is -0.148. The molecule has 2 amide bonds. The van der Waals surface area contributed by atoms with Crippen LogP contribution in [0.2, 0.25) is 0 Å². The van der Waals surface area contributed by atoms with Crippen molar-refractivity contribution in [3.8, 4) is 5.75 Å². The highest BCUT2D eigenvalue weighted by molar-refractivity contribution is 7.85. The standard InChI is InChI=1S/C19H25FN2O8S/c1-31(27,28)30-13-19(20)10-15(18(25)26)22(12-19)17(24)11-21-16(23)8-5-9-29-14-6-3-2-4-7-14/h2-4,6-7,15H,5,8-13H2,1H3,(H,21,23)(H,25,26)/t15-,19+/m0/s1. The number of likely N-dealkylation sites (tertiary alicyclic amines) is 1. The average molecular weight is 460 g/mol. The Morgan fingerprint density at radius 1 is 1.29 bits per heavy atom. The molecule has 0 saturated carbocycles. The minimum atomic E-state index is -3.93. The van der Waals surface area contributed by atoms with Gasteiger partial charge >= 0.3 is 5.97 Å². The van der Waals surface area contributed by atoms with Gasteiger partial charge < -0.3 is 20.1 Å². The molecule has 1 aliphatic heterocycles. The van der Waals surface area contributed by atoms with Crippen LogP contribution >= 0.6 is 0 Å². The summed E-state index contributed by atoms with van der Waals surface area (Å²) in [5, 5.41) is 11.7. The summed E-state index contributed by atoms with van der Waals surface area (Å²) in [6, 6.07) is 7.54. The predicted molar refractivity (Wildman–Crippen MR) is 107 cm³/mol. The van der Waals surface area contributed by atoms with Crippen LogP contribution in [0.25, 0.3) is 0 Å². The number of carboxylic acids is 1. The molecule has 12 heteroatoms. The van der Waals surface area contributed by atoms with Crippen LogP contribution in [-0.2, 0) is 28.7 Å². The van der Waals surface area contributed by atoms with Gasteiger partial charge in [-0.1, -0.05) is 18.2 Å². The minimum absolute atomic E-state index is 0.0811. The zero-order chi connectivity index (χ0) is 23.1. The highest BCUT2D eigenvalue weighted by Gasteiger charge is 2.50. The van der Waals surface area contributed by atoms with Crippen molar-refractivity contribution in [1.82, 2.24) is 10.2 Å². The normalized spacial score (nSPS) is 21.0. The first kappa shape index (κ1) is 24.5. The van der Waals surface area contributed by atoms with E-state index in [2.05, 4.69) is 9.50 Å². The van der Waals surface area contributed by atoms with Crippen LogP contribution in [0.4, 0.5) is 4.39 Å². The number of alkyl halides is 1. The van der Waals surface area contributed by atoms with E-state index in [4.69, 9.17) is 4.74 Å². The first-order chi connectivity index (χ1) is 14.5. The maximum atomic E-state index is 14.9. The number of rotatable bonds is 11. The van der Waals surface area contributed by atoms with Gasteiger partial charge in [0.15, 0.2) is 5.67 Å². The molecule has 2 atom stereocenters. The van der Waals surface area contributed by atoms with Gasteiger partial charge in [0.25, 0.3) is 10.1 Å². The molecule has 0 aromatic heterocycles. The number of carbonyl (C=O) groups is 3. The fourth-order valence-electron chi connectivity index (χ4n) is 3.04. The molecular weight excluding hydrogens is 435 g/mol. The zero-order valence-electron chi connectivity index (χ0n) is 17.0. The van der Waals surface area contributed by atoms with Crippen LogP contribution in [-0.4, -0.2) is 80.5 Å². The number of carboxylic acid groups (broad SMARTS) is 1. The number of aliphatic carboxylic acids is 1. The van der Waals surface area contributed by atoms with Crippen LogP contribution in [0, 0.1) is 0 Å². The van der Waals surface area contributed by atoms with E-state index in [1.807, 2.05) is 18.2 Å². The number of amides is 2. The Hall–Kier alpha value is -2.73. The van der Waals surface area contributed by atoms with Gasteiger partial charge in [-0.2, -0.15) is 8.42 Å². The third kappa shape index (κ3) is 8.13. The van der Waals surface area contributed by atoms with Gasteiger partial charge in [-0.05, 0) is 18.6 Å². The molecule has 1 heterocycles. The first-order valence-corrected chi connectivity index (χ1v) is 11.3. The molecule has 0 spiro atoms. The number of para-hydroxylation sites is 1. The van der Waals surface area contributed by atoms with Crippen LogP contribution in [0.5, 0.6) is 5.75 Å². The van der Waals surface area contributed by atoms with Crippen molar-refractivity contribution in [1.29, 1.82) is 0 Å². The number of hydrogen-bond donors (Lipinski definition) is 2. The van der Waals surface area contributed by atoms with Gasteiger partial charge in [0.2, 0.25) is 11.8 Å². The van der Waals surface area contributed by atoms with Gasteiger partial charge in [0.1, 0.15) is 18.4 Å². The molecule has 1 fully saturated rings. The molecule has 31 heavy (non-hydrogen) atoms. The van der Waals surface area contributed by atoms with Gasteiger partial charge in [0, 0.05) is 12.8 Å². The summed E-state index contributed by atoms with van der Waals surface area (Å²) in [4.78, 5) is 36.5. The van der Waals surface area contributed by atoms with Crippen molar-refractivity contribution < 1.29 is 41.2 Å². The Morgan fingerprint density at radius 2 is 1.97 bits per heavy atom. The molecule has 1 aromatic carbocycles. The summed E-state index contributed by atoms with van der Waals surface area (Å²) in [6.07, 6.45) is 0.599. The largest absolute Gasteiger partial charge is 0.494 e. The number of benzene rings is 1. The molecule has 1 aliphatic rings. The summed E-state index contributed by atoms with van der Waals surface area (Å²) in [7, 11) is -3.93. The number of carbonyl (C=O) groups excluding carboxylic acids is 2. The van der Waals surface area contributed by atoms with E-state index in [9.17, 15) is 32.3 Å². The average Bonchev–Trinajstić information content (AvgIpc) is 3.07. The van der Waals surface area contributed by atoms with Gasteiger partial charge in [-0.25, -0.2) is 9.18 Å². The van der Waals surface area contributed by atoms with E-state index in [0.29, 0.717) is 18.8 Å². The summed E-state index contributed by atoms with van der Waals surface area (Å²) in [6.45, 7) is -1.76. The highest BCUT2D eigenvalue weighted by Crippen LogP contribution is 2.31. The van der Waals surface area contributed by atoms with Crippen molar-refractivity contribution in [2.24, 2.45) is 0 Å². The lowest BCUT2D eigenvalue weighted by Gasteiger charge is -2.22. The summed E-state index contributed by atoms with van der Waals surface area (Å²) >= 11 is 0. The smallest absolute Gasteiger partial charge is 0.326 e. The minimum Gasteiger partial charge on any atom is -0.494 e. The van der Waals surface area contributed by atoms with Crippen LogP contribution in [0.1, 0.15) is 19.3 Å². The number of nitrogens with one attached hydrogen (secondary N) is 1. The second-order valence-electron chi connectivity index (χ2n) is 7.24. The Morgan fingerprint density at radius 3 is 2.58 bits per heavy atom. The SMILES string of the molecule is CS(=O)(=O)OC[C@@]1(F)C[C@@H](C(=O)O)N(C(=O)CNC(=O)CCCOc2ccccc2)C1. The maximum Gasteiger partial charge on any atom is 0.326 e. The second-order valence-corrected chi connectivity index (χ2v) is 8.88. The van der Waals surface area contributed by atoms with E-state index in [0.717, 1.165) is 11.2 Å². The third-order valence-electron chi connectivity index (χ3n) is 4.52. The van der Waals surface area contributed by atoms with Gasteiger partial charge in [-0.15, -0.1) is 0 Å². The van der Waals surface area contributed by atoms with Crippen molar-refractivity contribution in [3.63, 3.8) is 0 Å². The maximum absolute atomic E-state index is 14.9. The number of ether oxygens (including phenoxy) is 1. The fourth-order valence-corrected chi connectivity index (χ4v) is 3.47. The lowest BCUT2D eigenvalue weighted by atomic mass is 10.0. The molecule has 1 aromatic rings. The van der Waals surface area contributed by atoms with Crippen molar-refractivity contribution >= 4 is 27.9 Å². The predicted octanol–water partition coefficient (Wildman–Crippen LogP) is 0.332. The molecule has 10 nitrogen and oxygen atoms in total. The van der Waals surface area contributed by atoms with Crippen LogP contribution in [0.15, 0.2) is 30.3 Å². The van der Waals surface area contributed by atoms with Gasteiger partial charge in [0.05, 0.1) is 26.0 Å². The quantitative estimate of drug-likeness (QED) is 0.356. The van der Waals surface area contributed by atoms with Crippen molar-refractivity contribution in [2.75, 3.05) is 32.6 Å². The molecule has 172 valence electrons. The van der Waals surface area contributed by atoms with E-state index in [-0.39, 0.29) is 6.42 Å². The van der Waals surface area contributed by atoms with Crippen LogP contribution < -0.4 is 10.1 Å². The van der Waals surface area contributed by atoms with E-state index < -0.39 is 65.7 Å². The molecule has 0 radical (unpaired) electrons. The number of nitrogens with zero attached hydrogens (tertiary/aromatic N) is 1. The molecule has 0 bridgehead atoms. The van der Waals surface area contributed by atoms with E-state index in [1.54, 1.807) is 12.1 Å². The van der Waals surface area contributed by atoms with Crippen molar-refractivity contribution in [2.45, 2.75) is 31.0 Å². The summed E-state index contributed by atoms with van der Waals surface area (Å²) in [5.41, 5.74) is -2.33. The molecule has 0 unspecified atom stereocenters. The Kier molecular flexibility index (Phi) is 8.34. The van der Waals surface area contributed by atoms with E-state index in [1.165, 1.54) is 0 Å². The molecule has 1 saturated heterocycles. The van der Waals surface area contributed by atoms with E-state index >= 15 is 0 Å². The highest BCUT2D eigenvalue weighted by atomic mass is 32.2. The zero-order valence-corrected chi connectivity index (χ0v) is 17.8. The lowest BCUT2D eigenvalue weighted by Crippen LogP contribution is -2.46. The third-order valence-corrected chi connectivity index (χ3v) is 5.07. The number of halogens is 1. The number of hydrogen-bond acceptors (Lipinski definition) is 7. The molecular formula is C19H25FN2O8S. The Balaban J connectivity index is 1.79. The van der Waals surface area contributed by atoms with Gasteiger partial charge in [-0.3, -0.25) is 13.8 Å². The first-order valence-electron chi connectivity index (χ1n) is 9.49. The van der Waals surface area contributed by atoms with Crippen molar-refractivity contribution in [3.05, 3.63) is 30.3 Å². The molecule has 2 N–H and O–H groups in total. The molecule has 0 aliphatic carbocycles. The summed E-state index contributed by atoms with van der Waals surface area (Å²) in [5.74, 6) is -2.00. The summed E-state index contributed by atoms with van der Waals surface area (Å²) < 4.78 is 46.9. The molecule has 2 rings (SSSR count). The Labute approximate surface area is 179 Å². The second kappa shape index (κ2) is 10.5.